The molecule has 0 aromatic heterocycles. The molecule has 0 heterocycles. The zero-order valence-corrected chi connectivity index (χ0v) is 8.40. The van der Waals surface area contributed by atoms with Gasteiger partial charge in [0.2, 0.25) is 0 Å². The van der Waals surface area contributed by atoms with Gasteiger partial charge < -0.3 is 0 Å². The van der Waals surface area contributed by atoms with Crippen molar-refractivity contribution in [2.24, 2.45) is 11.8 Å². The Labute approximate surface area is 72.4 Å². The summed E-state index contributed by atoms with van der Waals surface area (Å²) in [6, 6.07) is 0. The van der Waals surface area contributed by atoms with Crippen molar-refractivity contribution in [2.45, 2.75) is 52.9 Å². The van der Waals surface area contributed by atoms with Crippen molar-refractivity contribution in [3.8, 4) is 0 Å². The van der Waals surface area contributed by atoms with E-state index in [0.717, 1.165) is 18.3 Å². The maximum absolute atomic E-state index is 3.92. The van der Waals surface area contributed by atoms with Gasteiger partial charge in [0.15, 0.2) is 0 Å². The van der Waals surface area contributed by atoms with Gasteiger partial charge in [0.1, 0.15) is 0 Å². The lowest BCUT2D eigenvalue weighted by molar-refractivity contribution is 0.363. The molecule has 11 heavy (non-hydrogen) atoms. The lowest BCUT2D eigenvalue weighted by Crippen LogP contribution is -2.03. The summed E-state index contributed by atoms with van der Waals surface area (Å²) in [7, 11) is 0. The van der Waals surface area contributed by atoms with Gasteiger partial charge in [-0.2, -0.15) is 0 Å². The Morgan fingerprint density at radius 3 is 2.18 bits per heavy atom. The maximum atomic E-state index is 3.92. The molecule has 1 radical (unpaired) electrons. The highest BCUT2D eigenvalue weighted by Gasteiger charge is 2.07. The highest BCUT2D eigenvalue weighted by molar-refractivity contribution is 4.61. The van der Waals surface area contributed by atoms with E-state index >= 15 is 0 Å². The Balaban J connectivity index is 3.50. The minimum atomic E-state index is 0.859. The van der Waals surface area contributed by atoms with Crippen LogP contribution in [0.1, 0.15) is 52.9 Å². The highest BCUT2D eigenvalue weighted by atomic mass is 14.1. The Hall–Kier alpha value is 0. The summed E-state index contributed by atoms with van der Waals surface area (Å²) < 4.78 is 0. The molecule has 1 atom stereocenters. The molecule has 67 valence electrons. The summed E-state index contributed by atoms with van der Waals surface area (Å²) in [4.78, 5) is 0. The molecule has 0 N–H and O–H groups in total. The molecule has 0 aliphatic carbocycles. The van der Waals surface area contributed by atoms with Crippen molar-refractivity contribution < 1.29 is 0 Å². The van der Waals surface area contributed by atoms with E-state index in [1.165, 1.54) is 25.7 Å². The fourth-order valence-electron chi connectivity index (χ4n) is 1.74. The average Bonchev–Trinajstić information content (AvgIpc) is 1.87. The van der Waals surface area contributed by atoms with Crippen molar-refractivity contribution >= 4 is 0 Å². The average molecular weight is 155 g/mol. The molecule has 0 nitrogen and oxygen atoms in total. The minimum Gasteiger partial charge on any atom is -0.0654 e. The summed E-state index contributed by atoms with van der Waals surface area (Å²) in [6.45, 7) is 10.8. The third-order valence-electron chi connectivity index (χ3n) is 2.11. The highest BCUT2D eigenvalue weighted by Crippen LogP contribution is 2.21. The summed E-state index contributed by atoms with van der Waals surface area (Å²) in [5.41, 5.74) is 0. The van der Waals surface area contributed by atoms with Crippen LogP contribution in [0.5, 0.6) is 0 Å². The van der Waals surface area contributed by atoms with Crippen LogP contribution in [0.4, 0.5) is 0 Å². The van der Waals surface area contributed by atoms with Gasteiger partial charge in [-0.05, 0) is 18.3 Å². The first kappa shape index (κ1) is 11.0. The molecule has 0 saturated heterocycles. The van der Waals surface area contributed by atoms with Gasteiger partial charge in [0.25, 0.3) is 0 Å². The SMILES string of the molecule is [CH2]CCC(CCC)CC(C)C. The number of rotatable bonds is 6. The van der Waals surface area contributed by atoms with Crippen LogP contribution < -0.4 is 0 Å². The predicted octanol–water partition coefficient (Wildman–Crippen LogP) is 4.06. The van der Waals surface area contributed by atoms with Crippen LogP contribution in [0.2, 0.25) is 0 Å². The maximum Gasteiger partial charge on any atom is -0.0412 e. The molecular weight excluding hydrogens is 132 g/mol. The van der Waals surface area contributed by atoms with Crippen LogP contribution in [0.25, 0.3) is 0 Å². The van der Waals surface area contributed by atoms with E-state index in [4.69, 9.17) is 0 Å². The zero-order valence-electron chi connectivity index (χ0n) is 8.40. The Kier molecular flexibility index (Phi) is 6.69. The molecule has 0 saturated carbocycles. The van der Waals surface area contributed by atoms with Gasteiger partial charge in [-0.25, -0.2) is 0 Å². The number of hydrogen-bond donors (Lipinski definition) is 0. The fraction of sp³-hybridized carbons (Fsp3) is 0.909. The van der Waals surface area contributed by atoms with E-state index in [9.17, 15) is 0 Å². The molecule has 0 heteroatoms. The van der Waals surface area contributed by atoms with Gasteiger partial charge in [0.05, 0.1) is 0 Å². The van der Waals surface area contributed by atoms with Crippen LogP contribution in [-0.2, 0) is 0 Å². The normalized spacial score (nSPS) is 11.5. The summed E-state index contributed by atoms with van der Waals surface area (Å²) >= 11 is 0. The second-order valence-electron chi connectivity index (χ2n) is 3.93. The Morgan fingerprint density at radius 1 is 1.18 bits per heavy atom. The fourth-order valence-corrected chi connectivity index (χ4v) is 1.74. The van der Waals surface area contributed by atoms with Gasteiger partial charge in [-0.1, -0.05) is 53.4 Å². The first-order valence-corrected chi connectivity index (χ1v) is 4.99. The van der Waals surface area contributed by atoms with Crippen LogP contribution in [0.15, 0.2) is 0 Å². The molecular formula is C11H23. The third-order valence-corrected chi connectivity index (χ3v) is 2.11. The molecule has 0 bridgehead atoms. The second-order valence-corrected chi connectivity index (χ2v) is 3.93. The molecule has 0 fully saturated rings. The molecule has 0 amide bonds. The molecule has 1 unspecified atom stereocenters. The monoisotopic (exact) mass is 155 g/mol. The van der Waals surface area contributed by atoms with Crippen LogP contribution in [0.3, 0.4) is 0 Å². The lowest BCUT2D eigenvalue weighted by Gasteiger charge is -2.16. The van der Waals surface area contributed by atoms with Gasteiger partial charge >= 0.3 is 0 Å². The first-order chi connectivity index (χ1) is 5.20. The topological polar surface area (TPSA) is 0 Å². The summed E-state index contributed by atoms with van der Waals surface area (Å²) in [6.07, 6.45) is 6.55. The van der Waals surface area contributed by atoms with Crippen molar-refractivity contribution in [2.75, 3.05) is 0 Å². The van der Waals surface area contributed by atoms with E-state index in [2.05, 4.69) is 27.7 Å². The van der Waals surface area contributed by atoms with E-state index < -0.39 is 0 Å². The summed E-state index contributed by atoms with van der Waals surface area (Å²) in [5, 5.41) is 0. The van der Waals surface area contributed by atoms with Gasteiger partial charge in [-0.15, -0.1) is 0 Å². The number of hydrogen-bond acceptors (Lipinski definition) is 0. The molecule has 0 aromatic carbocycles. The second kappa shape index (κ2) is 6.69. The Bertz CT molecular complexity index is 68.1. The molecule has 0 aromatic rings. The van der Waals surface area contributed by atoms with Crippen molar-refractivity contribution in [3.05, 3.63) is 6.92 Å². The first-order valence-electron chi connectivity index (χ1n) is 4.99. The molecule has 0 spiro atoms. The lowest BCUT2D eigenvalue weighted by atomic mass is 9.90. The van der Waals surface area contributed by atoms with Gasteiger partial charge in [0, 0.05) is 0 Å². The van der Waals surface area contributed by atoms with E-state index in [0.29, 0.717) is 0 Å². The zero-order chi connectivity index (χ0) is 8.69. The summed E-state index contributed by atoms with van der Waals surface area (Å²) in [5.74, 6) is 1.80. The van der Waals surface area contributed by atoms with E-state index in [1.54, 1.807) is 0 Å². The molecule has 0 aliphatic rings. The largest absolute Gasteiger partial charge is 0.0654 e. The van der Waals surface area contributed by atoms with Crippen molar-refractivity contribution in [3.63, 3.8) is 0 Å². The quantitative estimate of drug-likeness (QED) is 0.542. The standard InChI is InChI=1S/C11H23/c1-5-7-11(8-6-2)9-10(3)4/h10-11H,1,5-9H2,2-4H3. The van der Waals surface area contributed by atoms with Crippen LogP contribution in [-0.4, -0.2) is 0 Å². The van der Waals surface area contributed by atoms with Crippen molar-refractivity contribution in [1.29, 1.82) is 0 Å². The smallest absolute Gasteiger partial charge is 0.0412 e. The van der Waals surface area contributed by atoms with Crippen LogP contribution >= 0.6 is 0 Å². The Morgan fingerprint density at radius 2 is 1.82 bits per heavy atom. The molecule has 0 aliphatic heterocycles. The minimum absolute atomic E-state index is 0.859. The van der Waals surface area contributed by atoms with Crippen LogP contribution in [0, 0.1) is 18.8 Å². The third kappa shape index (κ3) is 6.40. The van der Waals surface area contributed by atoms with E-state index in [-0.39, 0.29) is 0 Å². The molecule has 0 rings (SSSR count). The van der Waals surface area contributed by atoms with Crippen molar-refractivity contribution in [1.82, 2.24) is 0 Å². The predicted molar refractivity (Wildman–Crippen MR) is 52.4 cm³/mol. The van der Waals surface area contributed by atoms with Gasteiger partial charge in [-0.3, -0.25) is 0 Å². The van der Waals surface area contributed by atoms with E-state index in [1.807, 2.05) is 0 Å².